The van der Waals surface area contributed by atoms with Gasteiger partial charge in [0.1, 0.15) is 11.5 Å². The van der Waals surface area contributed by atoms with Crippen molar-refractivity contribution in [3.63, 3.8) is 0 Å². The fraction of sp³-hybridized carbons (Fsp3) is 0.0870. The summed E-state index contributed by atoms with van der Waals surface area (Å²) in [6.45, 7) is 1.81. The van der Waals surface area contributed by atoms with E-state index in [1.54, 1.807) is 36.4 Å². The molecule has 0 aliphatic carbocycles. The normalized spacial score (nSPS) is 15.1. The Balaban J connectivity index is 1.59. The van der Waals surface area contributed by atoms with Crippen molar-refractivity contribution >= 4 is 58.2 Å². The van der Waals surface area contributed by atoms with Crippen LogP contribution in [0, 0.1) is 6.92 Å². The molecular weight excluding hydrogens is 473 g/mol. The average molecular weight is 488 g/mol. The standard InChI is InChI=1S/C23H15Cl2NO5S/c1-12-5-6-13(22(28)29)9-15(12)19-8-7-14(31-19)10-20-21(27)26(23(30)32-20)11-16-17(24)3-2-4-18(16)25/h2-10H,11H2,1H3,(H,28,29). The molecule has 0 saturated carbocycles. The number of rotatable bonds is 5. The van der Waals surface area contributed by atoms with Gasteiger partial charge in [-0.15, -0.1) is 0 Å². The molecule has 2 aromatic carbocycles. The van der Waals surface area contributed by atoms with Crippen LogP contribution in [0.5, 0.6) is 0 Å². The third-order valence-electron chi connectivity index (χ3n) is 4.90. The first-order valence-electron chi connectivity index (χ1n) is 9.37. The van der Waals surface area contributed by atoms with E-state index >= 15 is 0 Å². The lowest BCUT2D eigenvalue weighted by atomic mass is 10.0. The fourth-order valence-corrected chi connectivity index (χ4v) is 4.54. The molecule has 2 amide bonds. The van der Waals surface area contributed by atoms with Gasteiger partial charge in [0.2, 0.25) is 0 Å². The molecule has 4 rings (SSSR count). The molecular formula is C23H15Cl2NO5S. The van der Waals surface area contributed by atoms with Gasteiger partial charge in [-0.05, 0) is 60.6 Å². The number of aromatic carboxylic acids is 1. The van der Waals surface area contributed by atoms with E-state index in [9.17, 15) is 19.5 Å². The second-order valence-electron chi connectivity index (χ2n) is 7.00. The van der Waals surface area contributed by atoms with Gasteiger partial charge in [-0.2, -0.15) is 0 Å². The van der Waals surface area contributed by atoms with Crippen molar-refractivity contribution in [3.8, 4) is 11.3 Å². The zero-order valence-corrected chi connectivity index (χ0v) is 18.9. The predicted octanol–water partition coefficient (Wildman–Crippen LogP) is 6.50. The van der Waals surface area contributed by atoms with Gasteiger partial charge in [-0.1, -0.05) is 35.3 Å². The Bertz CT molecular complexity index is 1280. The molecule has 1 aliphatic rings. The maximum Gasteiger partial charge on any atom is 0.335 e. The van der Waals surface area contributed by atoms with Crippen LogP contribution in [0.3, 0.4) is 0 Å². The Morgan fingerprint density at radius 2 is 1.84 bits per heavy atom. The third-order valence-corrected chi connectivity index (χ3v) is 6.52. The van der Waals surface area contributed by atoms with Crippen LogP contribution in [0.2, 0.25) is 10.0 Å². The van der Waals surface area contributed by atoms with Crippen molar-refractivity contribution in [1.82, 2.24) is 4.90 Å². The second-order valence-corrected chi connectivity index (χ2v) is 8.81. The Morgan fingerprint density at radius 1 is 1.12 bits per heavy atom. The molecule has 6 nitrogen and oxygen atoms in total. The molecule has 0 unspecified atom stereocenters. The Morgan fingerprint density at radius 3 is 2.53 bits per heavy atom. The summed E-state index contributed by atoms with van der Waals surface area (Å²) in [5.41, 5.74) is 2.11. The fourth-order valence-electron chi connectivity index (χ4n) is 3.20. The second kappa shape index (κ2) is 8.86. The summed E-state index contributed by atoms with van der Waals surface area (Å²) in [5.74, 6) is -0.691. The number of furan rings is 1. The number of imide groups is 1. The van der Waals surface area contributed by atoms with Crippen LogP contribution < -0.4 is 0 Å². The van der Waals surface area contributed by atoms with E-state index in [0.29, 0.717) is 32.7 Å². The number of carbonyl (C=O) groups excluding carboxylic acids is 2. The van der Waals surface area contributed by atoms with Crippen LogP contribution in [0.4, 0.5) is 4.79 Å². The van der Waals surface area contributed by atoms with Gasteiger partial charge in [0.05, 0.1) is 17.0 Å². The molecule has 2 heterocycles. The quantitative estimate of drug-likeness (QED) is 0.413. The minimum atomic E-state index is -1.04. The highest BCUT2D eigenvalue weighted by Crippen LogP contribution is 2.36. The zero-order valence-electron chi connectivity index (χ0n) is 16.6. The summed E-state index contributed by atoms with van der Waals surface area (Å²) in [4.78, 5) is 37.8. The zero-order chi connectivity index (χ0) is 23.0. The Kier molecular flexibility index (Phi) is 6.15. The number of amides is 2. The van der Waals surface area contributed by atoms with E-state index in [1.807, 2.05) is 6.92 Å². The highest BCUT2D eigenvalue weighted by molar-refractivity contribution is 8.18. The number of hydrogen-bond acceptors (Lipinski definition) is 5. The highest BCUT2D eigenvalue weighted by atomic mass is 35.5. The molecule has 0 atom stereocenters. The molecule has 0 radical (unpaired) electrons. The monoisotopic (exact) mass is 487 g/mol. The minimum Gasteiger partial charge on any atom is -0.478 e. The van der Waals surface area contributed by atoms with Gasteiger partial charge < -0.3 is 9.52 Å². The number of hydrogen-bond donors (Lipinski definition) is 1. The molecule has 9 heteroatoms. The number of nitrogens with zero attached hydrogens (tertiary/aromatic N) is 1. The molecule has 162 valence electrons. The molecule has 32 heavy (non-hydrogen) atoms. The van der Waals surface area contributed by atoms with Crippen LogP contribution in [0.15, 0.2) is 57.9 Å². The lowest BCUT2D eigenvalue weighted by Gasteiger charge is -2.14. The summed E-state index contributed by atoms with van der Waals surface area (Å²) in [6, 6.07) is 13.1. The van der Waals surface area contributed by atoms with Gasteiger partial charge in [-0.3, -0.25) is 14.5 Å². The summed E-state index contributed by atoms with van der Waals surface area (Å²) in [5, 5.41) is 9.53. The molecule has 0 spiro atoms. The topological polar surface area (TPSA) is 87.8 Å². The Labute approximate surface area is 197 Å². The molecule has 1 saturated heterocycles. The van der Waals surface area contributed by atoms with E-state index in [0.717, 1.165) is 22.2 Å². The number of benzene rings is 2. The van der Waals surface area contributed by atoms with Crippen molar-refractivity contribution in [2.24, 2.45) is 0 Å². The van der Waals surface area contributed by atoms with Gasteiger partial charge >= 0.3 is 5.97 Å². The lowest BCUT2D eigenvalue weighted by molar-refractivity contribution is -0.123. The van der Waals surface area contributed by atoms with Crippen LogP contribution in [0.1, 0.15) is 27.2 Å². The first-order chi connectivity index (χ1) is 15.2. The van der Waals surface area contributed by atoms with Crippen molar-refractivity contribution < 1.29 is 23.9 Å². The van der Waals surface area contributed by atoms with Gasteiger partial charge in [0.15, 0.2) is 0 Å². The van der Waals surface area contributed by atoms with Crippen LogP contribution in [0.25, 0.3) is 17.4 Å². The average Bonchev–Trinajstić information content (AvgIpc) is 3.30. The maximum absolute atomic E-state index is 12.8. The summed E-state index contributed by atoms with van der Waals surface area (Å²) in [6.07, 6.45) is 1.49. The van der Waals surface area contributed by atoms with E-state index in [-0.39, 0.29) is 17.0 Å². The maximum atomic E-state index is 12.8. The van der Waals surface area contributed by atoms with E-state index in [1.165, 1.54) is 18.2 Å². The van der Waals surface area contributed by atoms with Crippen molar-refractivity contribution in [1.29, 1.82) is 0 Å². The summed E-state index contributed by atoms with van der Waals surface area (Å²) < 4.78 is 5.82. The van der Waals surface area contributed by atoms with Crippen molar-refractivity contribution in [3.05, 3.63) is 85.9 Å². The molecule has 1 aromatic heterocycles. The number of carbonyl (C=O) groups is 3. The van der Waals surface area contributed by atoms with E-state index in [4.69, 9.17) is 27.6 Å². The lowest BCUT2D eigenvalue weighted by Crippen LogP contribution is -2.27. The van der Waals surface area contributed by atoms with E-state index < -0.39 is 17.1 Å². The number of halogens is 2. The SMILES string of the molecule is Cc1ccc(C(=O)O)cc1-c1ccc(C=C2SC(=O)N(Cc3c(Cl)cccc3Cl)C2=O)o1. The summed E-state index contributed by atoms with van der Waals surface area (Å²) >= 11 is 13.1. The molecule has 1 fully saturated rings. The molecule has 1 N–H and O–H groups in total. The molecule has 3 aromatic rings. The minimum absolute atomic E-state index is 0.0366. The van der Waals surface area contributed by atoms with Crippen molar-refractivity contribution in [2.45, 2.75) is 13.5 Å². The van der Waals surface area contributed by atoms with E-state index in [2.05, 4.69) is 0 Å². The predicted molar refractivity (Wildman–Crippen MR) is 124 cm³/mol. The van der Waals surface area contributed by atoms with Crippen molar-refractivity contribution in [2.75, 3.05) is 0 Å². The highest BCUT2D eigenvalue weighted by Gasteiger charge is 2.36. The van der Waals surface area contributed by atoms with Crippen LogP contribution in [-0.2, 0) is 11.3 Å². The number of aryl methyl sites for hydroxylation is 1. The Hall–Kier alpha value is -3.00. The number of carboxylic acids is 1. The van der Waals surface area contributed by atoms with Gasteiger partial charge in [0, 0.05) is 27.2 Å². The first-order valence-corrected chi connectivity index (χ1v) is 10.9. The van der Waals surface area contributed by atoms with Gasteiger partial charge in [-0.25, -0.2) is 4.79 Å². The molecule has 1 aliphatic heterocycles. The number of thioether (sulfide) groups is 1. The van der Waals surface area contributed by atoms with Crippen LogP contribution >= 0.6 is 35.0 Å². The molecule has 0 bridgehead atoms. The smallest absolute Gasteiger partial charge is 0.335 e. The van der Waals surface area contributed by atoms with Gasteiger partial charge in [0.25, 0.3) is 11.1 Å². The summed E-state index contributed by atoms with van der Waals surface area (Å²) in [7, 11) is 0. The van der Waals surface area contributed by atoms with Crippen LogP contribution in [-0.4, -0.2) is 27.1 Å². The third kappa shape index (κ3) is 4.32. The first kappa shape index (κ1) is 22.2. The largest absolute Gasteiger partial charge is 0.478 e. The number of carboxylic acid groups (broad SMARTS) is 1.